The van der Waals surface area contributed by atoms with Crippen LogP contribution in [0.15, 0.2) is 30.3 Å². The number of rotatable bonds is 6. The average molecular weight is 248 g/mol. The van der Waals surface area contributed by atoms with Crippen molar-refractivity contribution in [3.05, 3.63) is 35.9 Å². The third-order valence-electron chi connectivity index (χ3n) is 3.30. The molecule has 0 atom stereocenters. The van der Waals surface area contributed by atoms with E-state index in [0.717, 1.165) is 25.1 Å². The number of hydrogen-bond donors (Lipinski definition) is 1. The maximum Gasteiger partial charge on any atom is 0.232 e. The van der Waals surface area contributed by atoms with E-state index in [4.69, 9.17) is 0 Å². The minimum Gasteiger partial charge on any atom is -0.345 e. The van der Waals surface area contributed by atoms with Crippen LogP contribution >= 0.6 is 0 Å². The van der Waals surface area contributed by atoms with E-state index in [0.29, 0.717) is 0 Å². The Morgan fingerprint density at radius 2 is 1.89 bits per heavy atom. The first kappa shape index (κ1) is 14.7. The highest BCUT2D eigenvalue weighted by Gasteiger charge is 2.31. The summed E-state index contributed by atoms with van der Waals surface area (Å²) in [4.78, 5) is 14.3. The fourth-order valence-electron chi connectivity index (χ4n) is 2.05. The lowest BCUT2D eigenvalue weighted by atomic mass is 9.83. The van der Waals surface area contributed by atoms with Gasteiger partial charge in [0, 0.05) is 13.6 Å². The molecule has 1 rings (SSSR count). The van der Waals surface area contributed by atoms with Crippen LogP contribution in [0.3, 0.4) is 0 Å². The summed E-state index contributed by atoms with van der Waals surface area (Å²) < 4.78 is 0. The van der Waals surface area contributed by atoms with Crippen LogP contribution in [0.4, 0.5) is 0 Å². The van der Waals surface area contributed by atoms with Gasteiger partial charge in [-0.05, 0) is 39.4 Å². The maximum atomic E-state index is 12.5. The standard InChI is InChI=1S/C15H24N2O/c1-15(2,13-9-6-5-7-10-13)14(18)17(4)12-8-11-16-3/h5-7,9-10,16H,8,11-12H2,1-4H3. The van der Waals surface area contributed by atoms with Gasteiger partial charge in [0.05, 0.1) is 5.41 Å². The number of nitrogens with one attached hydrogen (secondary N) is 1. The van der Waals surface area contributed by atoms with Gasteiger partial charge in [0.1, 0.15) is 0 Å². The first-order chi connectivity index (χ1) is 8.50. The highest BCUT2D eigenvalue weighted by atomic mass is 16.2. The second-order valence-corrected chi connectivity index (χ2v) is 5.17. The minimum absolute atomic E-state index is 0.171. The molecule has 0 spiro atoms. The molecule has 0 heterocycles. The van der Waals surface area contributed by atoms with Crippen LogP contribution in [0.1, 0.15) is 25.8 Å². The summed E-state index contributed by atoms with van der Waals surface area (Å²) in [6.45, 7) is 5.69. The van der Waals surface area contributed by atoms with Crippen LogP contribution < -0.4 is 5.32 Å². The molecule has 3 nitrogen and oxygen atoms in total. The van der Waals surface area contributed by atoms with Crippen molar-refractivity contribution in [2.24, 2.45) is 0 Å². The van der Waals surface area contributed by atoms with Crippen LogP contribution in [-0.2, 0) is 10.2 Å². The third-order valence-corrected chi connectivity index (χ3v) is 3.30. The van der Waals surface area contributed by atoms with E-state index in [1.165, 1.54) is 0 Å². The highest BCUT2D eigenvalue weighted by molar-refractivity contribution is 5.87. The molecule has 0 radical (unpaired) electrons. The lowest BCUT2D eigenvalue weighted by Crippen LogP contribution is -2.42. The molecule has 100 valence electrons. The summed E-state index contributed by atoms with van der Waals surface area (Å²) in [6, 6.07) is 9.95. The molecule has 1 aromatic rings. The summed E-state index contributed by atoms with van der Waals surface area (Å²) >= 11 is 0. The topological polar surface area (TPSA) is 32.3 Å². The van der Waals surface area contributed by atoms with Crippen molar-refractivity contribution in [2.75, 3.05) is 27.2 Å². The number of carbonyl (C=O) groups excluding carboxylic acids is 1. The summed E-state index contributed by atoms with van der Waals surface area (Å²) in [5, 5.41) is 3.09. The van der Waals surface area contributed by atoms with E-state index in [9.17, 15) is 4.79 Å². The van der Waals surface area contributed by atoms with Crippen LogP contribution in [0.2, 0.25) is 0 Å². The van der Waals surface area contributed by atoms with Gasteiger partial charge < -0.3 is 10.2 Å². The molecule has 3 heteroatoms. The fourth-order valence-corrected chi connectivity index (χ4v) is 2.05. The number of nitrogens with zero attached hydrogens (tertiary/aromatic N) is 1. The smallest absolute Gasteiger partial charge is 0.232 e. The molecule has 0 aliphatic carbocycles. The van der Waals surface area contributed by atoms with Crippen molar-refractivity contribution in [3.63, 3.8) is 0 Å². The van der Waals surface area contributed by atoms with E-state index in [2.05, 4.69) is 5.32 Å². The summed E-state index contributed by atoms with van der Waals surface area (Å²) in [6.07, 6.45) is 0.976. The monoisotopic (exact) mass is 248 g/mol. The summed E-state index contributed by atoms with van der Waals surface area (Å²) in [5.41, 5.74) is 0.603. The number of amides is 1. The molecule has 0 saturated carbocycles. The Bertz CT molecular complexity index is 373. The maximum absolute atomic E-state index is 12.5. The van der Waals surface area contributed by atoms with Crippen molar-refractivity contribution in [3.8, 4) is 0 Å². The van der Waals surface area contributed by atoms with Crippen molar-refractivity contribution >= 4 is 5.91 Å². The Morgan fingerprint density at radius 3 is 2.44 bits per heavy atom. The lowest BCUT2D eigenvalue weighted by Gasteiger charge is -2.30. The molecular formula is C15H24N2O. The average Bonchev–Trinajstić information content (AvgIpc) is 2.39. The predicted octanol–water partition coefficient (Wildman–Crippen LogP) is 2.03. The summed E-state index contributed by atoms with van der Waals surface area (Å²) in [7, 11) is 3.80. The summed E-state index contributed by atoms with van der Waals surface area (Å²) in [5.74, 6) is 0.171. The van der Waals surface area contributed by atoms with E-state index >= 15 is 0 Å². The normalized spacial score (nSPS) is 11.3. The molecule has 0 aliphatic heterocycles. The van der Waals surface area contributed by atoms with E-state index < -0.39 is 5.41 Å². The van der Waals surface area contributed by atoms with Crippen molar-refractivity contribution in [2.45, 2.75) is 25.7 Å². The number of benzene rings is 1. The molecular weight excluding hydrogens is 224 g/mol. The SMILES string of the molecule is CNCCCN(C)C(=O)C(C)(C)c1ccccc1. The van der Waals surface area contributed by atoms with Gasteiger partial charge in [-0.3, -0.25) is 4.79 Å². The molecule has 0 saturated heterocycles. The second kappa shape index (κ2) is 6.55. The molecule has 1 N–H and O–H groups in total. The second-order valence-electron chi connectivity index (χ2n) is 5.17. The molecule has 18 heavy (non-hydrogen) atoms. The molecule has 1 aromatic carbocycles. The number of carbonyl (C=O) groups is 1. The Balaban J connectivity index is 2.70. The van der Waals surface area contributed by atoms with Crippen molar-refractivity contribution in [1.29, 1.82) is 0 Å². The van der Waals surface area contributed by atoms with Gasteiger partial charge >= 0.3 is 0 Å². The minimum atomic E-state index is -0.463. The Morgan fingerprint density at radius 1 is 1.28 bits per heavy atom. The Kier molecular flexibility index (Phi) is 5.35. The molecule has 0 unspecified atom stereocenters. The van der Waals surface area contributed by atoms with Gasteiger partial charge in [-0.2, -0.15) is 0 Å². The van der Waals surface area contributed by atoms with Gasteiger partial charge in [0.25, 0.3) is 0 Å². The van der Waals surface area contributed by atoms with Gasteiger partial charge in [0.2, 0.25) is 5.91 Å². The largest absolute Gasteiger partial charge is 0.345 e. The van der Waals surface area contributed by atoms with Crippen LogP contribution in [0.5, 0.6) is 0 Å². The molecule has 0 bridgehead atoms. The zero-order valence-electron chi connectivity index (χ0n) is 11.9. The zero-order valence-corrected chi connectivity index (χ0v) is 11.9. The van der Waals surface area contributed by atoms with Crippen LogP contribution in [-0.4, -0.2) is 38.0 Å². The van der Waals surface area contributed by atoms with Gasteiger partial charge in [-0.15, -0.1) is 0 Å². The number of likely N-dealkylation sites (N-methyl/N-ethyl adjacent to an activating group) is 1. The van der Waals surface area contributed by atoms with Gasteiger partial charge in [-0.1, -0.05) is 30.3 Å². The Labute approximate surface area is 110 Å². The van der Waals surface area contributed by atoms with Gasteiger partial charge in [0.15, 0.2) is 0 Å². The first-order valence-electron chi connectivity index (χ1n) is 6.46. The van der Waals surface area contributed by atoms with Crippen LogP contribution in [0.25, 0.3) is 0 Å². The molecule has 0 aliphatic rings. The molecule has 0 fully saturated rings. The predicted molar refractivity (Wildman–Crippen MR) is 75.6 cm³/mol. The van der Waals surface area contributed by atoms with Gasteiger partial charge in [-0.25, -0.2) is 0 Å². The Hall–Kier alpha value is -1.35. The van der Waals surface area contributed by atoms with Crippen molar-refractivity contribution in [1.82, 2.24) is 10.2 Å². The lowest BCUT2D eigenvalue weighted by molar-refractivity contribution is -0.135. The van der Waals surface area contributed by atoms with Crippen LogP contribution in [0, 0.1) is 0 Å². The number of hydrogen-bond acceptors (Lipinski definition) is 2. The molecule has 0 aromatic heterocycles. The molecule has 1 amide bonds. The quantitative estimate of drug-likeness (QED) is 0.781. The van der Waals surface area contributed by atoms with E-state index in [1.807, 2.05) is 63.2 Å². The van der Waals surface area contributed by atoms with Crippen molar-refractivity contribution < 1.29 is 4.79 Å². The fraction of sp³-hybridized carbons (Fsp3) is 0.533. The van der Waals surface area contributed by atoms with E-state index in [1.54, 1.807) is 0 Å². The zero-order chi connectivity index (χ0) is 13.6. The third kappa shape index (κ3) is 3.57. The highest BCUT2D eigenvalue weighted by Crippen LogP contribution is 2.25. The van der Waals surface area contributed by atoms with E-state index in [-0.39, 0.29) is 5.91 Å². The first-order valence-corrected chi connectivity index (χ1v) is 6.46.